The van der Waals surface area contributed by atoms with Crippen LogP contribution in [0.15, 0.2) is 42.6 Å². The summed E-state index contributed by atoms with van der Waals surface area (Å²) in [7, 11) is 0. The number of benzene rings is 1. The maximum absolute atomic E-state index is 12.2. The van der Waals surface area contributed by atoms with Crippen LogP contribution in [0.4, 0.5) is 18.9 Å². The van der Waals surface area contributed by atoms with Crippen LogP contribution in [0.25, 0.3) is 11.3 Å². The topological polar surface area (TPSA) is 51.2 Å². The normalized spacial score (nSPS) is 20.0. The number of carbonyl (C=O) groups is 1. The van der Waals surface area contributed by atoms with Crippen LogP contribution in [0.5, 0.6) is 0 Å². The van der Waals surface area contributed by atoms with Gasteiger partial charge < -0.3 is 5.32 Å². The lowest BCUT2D eigenvalue weighted by atomic mass is 9.81. The molecule has 1 heterocycles. The fourth-order valence-corrected chi connectivity index (χ4v) is 2.81. The van der Waals surface area contributed by atoms with Crippen molar-refractivity contribution in [2.45, 2.75) is 32.2 Å². The molecule has 1 amide bonds. The third kappa shape index (κ3) is 4.36. The summed E-state index contributed by atoms with van der Waals surface area (Å²) in [5, 5.41) is 2.76. The van der Waals surface area contributed by atoms with E-state index in [1.807, 2.05) is 37.3 Å². The van der Waals surface area contributed by atoms with E-state index in [-0.39, 0.29) is 18.7 Å². The zero-order valence-corrected chi connectivity index (χ0v) is 13.5. The van der Waals surface area contributed by atoms with Crippen molar-refractivity contribution in [3.63, 3.8) is 0 Å². The van der Waals surface area contributed by atoms with E-state index in [1.54, 1.807) is 12.3 Å². The second-order valence-electron chi connectivity index (χ2n) is 6.09. The Labute approximate surface area is 143 Å². The summed E-state index contributed by atoms with van der Waals surface area (Å²) in [4.78, 5) is 16.5. The molecule has 1 N–H and O–H groups in total. The average Bonchev–Trinajstić information content (AvgIpc) is 2.52. The van der Waals surface area contributed by atoms with Gasteiger partial charge in [-0.15, -0.1) is 13.2 Å². The van der Waals surface area contributed by atoms with Gasteiger partial charge in [-0.25, -0.2) is 0 Å². The number of alkyl halides is 3. The number of rotatable bonds is 4. The standard InChI is InChI=1S/C18H17F3N2O2/c1-11-5-6-13(10-15(11)16-4-2-3-7-22-16)23-17(24)12-8-14(9-12)25-18(19,20)21/h2-7,10,12,14H,8-9H2,1H3,(H,23,24). The molecule has 0 radical (unpaired) electrons. The van der Waals surface area contributed by atoms with Crippen LogP contribution in [-0.2, 0) is 9.53 Å². The third-order valence-corrected chi connectivity index (χ3v) is 4.21. The minimum Gasteiger partial charge on any atom is -0.326 e. The van der Waals surface area contributed by atoms with Crippen LogP contribution in [0, 0.1) is 12.8 Å². The maximum atomic E-state index is 12.2. The summed E-state index contributed by atoms with van der Waals surface area (Å²) in [6.45, 7) is 1.95. The van der Waals surface area contributed by atoms with Gasteiger partial charge in [-0.1, -0.05) is 12.1 Å². The number of carbonyl (C=O) groups excluding carboxylic acids is 1. The van der Waals surface area contributed by atoms with Gasteiger partial charge in [-0.3, -0.25) is 14.5 Å². The molecule has 0 bridgehead atoms. The van der Waals surface area contributed by atoms with E-state index in [2.05, 4.69) is 15.0 Å². The van der Waals surface area contributed by atoms with Crippen molar-refractivity contribution in [2.24, 2.45) is 5.92 Å². The van der Waals surface area contributed by atoms with Crippen molar-refractivity contribution in [1.82, 2.24) is 4.98 Å². The molecule has 3 rings (SSSR count). The summed E-state index contributed by atoms with van der Waals surface area (Å²) in [6, 6.07) is 11.0. The van der Waals surface area contributed by atoms with Crippen molar-refractivity contribution >= 4 is 11.6 Å². The van der Waals surface area contributed by atoms with Crippen molar-refractivity contribution in [3.05, 3.63) is 48.2 Å². The van der Waals surface area contributed by atoms with E-state index in [0.29, 0.717) is 5.69 Å². The van der Waals surface area contributed by atoms with Crippen LogP contribution < -0.4 is 5.32 Å². The van der Waals surface area contributed by atoms with Crippen LogP contribution in [0.1, 0.15) is 18.4 Å². The fourth-order valence-electron chi connectivity index (χ4n) is 2.81. The molecule has 0 unspecified atom stereocenters. The lowest BCUT2D eigenvalue weighted by molar-refractivity contribution is -0.353. The van der Waals surface area contributed by atoms with Crippen molar-refractivity contribution in [2.75, 3.05) is 5.32 Å². The highest BCUT2D eigenvalue weighted by atomic mass is 19.4. The summed E-state index contributed by atoms with van der Waals surface area (Å²) in [5.74, 6) is -0.759. The van der Waals surface area contributed by atoms with Gasteiger partial charge in [0.15, 0.2) is 0 Å². The summed E-state index contributed by atoms with van der Waals surface area (Å²) >= 11 is 0. The Morgan fingerprint density at radius 3 is 2.64 bits per heavy atom. The second kappa shape index (κ2) is 6.84. The Morgan fingerprint density at radius 1 is 1.24 bits per heavy atom. The van der Waals surface area contributed by atoms with Gasteiger partial charge in [-0.2, -0.15) is 0 Å². The number of amides is 1. The highest BCUT2D eigenvalue weighted by molar-refractivity contribution is 5.94. The van der Waals surface area contributed by atoms with Crippen LogP contribution in [0.3, 0.4) is 0 Å². The average molecular weight is 350 g/mol. The monoisotopic (exact) mass is 350 g/mol. The van der Waals surface area contributed by atoms with E-state index >= 15 is 0 Å². The molecule has 132 valence electrons. The van der Waals surface area contributed by atoms with E-state index < -0.39 is 18.4 Å². The summed E-state index contributed by atoms with van der Waals surface area (Å²) in [6.07, 6.45) is -3.75. The molecule has 0 saturated heterocycles. The molecule has 1 aliphatic rings. The molecule has 0 atom stereocenters. The van der Waals surface area contributed by atoms with Gasteiger partial charge in [0.1, 0.15) is 0 Å². The molecule has 1 fully saturated rings. The molecule has 7 heteroatoms. The molecule has 1 aromatic heterocycles. The van der Waals surface area contributed by atoms with Gasteiger partial charge in [0, 0.05) is 23.4 Å². The number of halogens is 3. The Bertz CT molecular complexity index is 757. The molecule has 0 aliphatic heterocycles. The number of nitrogens with zero attached hydrogens (tertiary/aromatic N) is 1. The van der Waals surface area contributed by atoms with E-state index in [0.717, 1.165) is 16.8 Å². The molecule has 1 aromatic carbocycles. The quantitative estimate of drug-likeness (QED) is 0.894. The first-order valence-corrected chi connectivity index (χ1v) is 7.89. The summed E-state index contributed by atoms with van der Waals surface area (Å²) in [5.41, 5.74) is 3.29. The largest absolute Gasteiger partial charge is 0.522 e. The predicted octanol–water partition coefficient (Wildman–Crippen LogP) is 4.31. The van der Waals surface area contributed by atoms with Gasteiger partial charge in [0.2, 0.25) is 5.91 Å². The second-order valence-corrected chi connectivity index (χ2v) is 6.09. The Hall–Kier alpha value is -2.41. The number of anilines is 1. The smallest absolute Gasteiger partial charge is 0.326 e. The van der Waals surface area contributed by atoms with Gasteiger partial charge in [-0.05, 0) is 49.6 Å². The number of pyridine rings is 1. The Kier molecular flexibility index (Phi) is 4.76. The van der Waals surface area contributed by atoms with Crippen molar-refractivity contribution < 1.29 is 22.7 Å². The third-order valence-electron chi connectivity index (χ3n) is 4.21. The minimum atomic E-state index is -4.65. The first-order valence-electron chi connectivity index (χ1n) is 7.89. The van der Waals surface area contributed by atoms with Gasteiger partial charge in [0.25, 0.3) is 0 Å². The van der Waals surface area contributed by atoms with Crippen molar-refractivity contribution in [1.29, 1.82) is 0 Å². The maximum Gasteiger partial charge on any atom is 0.522 e. The first-order chi connectivity index (χ1) is 11.8. The molecular formula is C18H17F3N2O2. The fraction of sp³-hybridized carbons (Fsp3) is 0.333. The number of aromatic nitrogens is 1. The lowest BCUT2D eigenvalue weighted by Gasteiger charge is -2.34. The van der Waals surface area contributed by atoms with E-state index in [1.165, 1.54) is 0 Å². The molecule has 4 nitrogen and oxygen atoms in total. The number of nitrogens with one attached hydrogen (secondary N) is 1. The number of ether oxygens (including phenoxy) is 1. The number of aryl methyl sites for hydroxylation is 1. The molecule has 1 saturated carbocycles. The van der Waals surface area contributed by atoms with E-state index in [4.69, 9.17) is 0 Å². The molecule has 0 spiro atoms. The van der Waals surface area contributed by atoms with E-state index in [9.17, 15) is 18.0 Å². The SMILES string of the molecule is Cc1ccc(NC(=O)C2CC(OC(F)(F)F)C2)cc1-c1ccccn1. The predicted molar refractivity (Wildman–Crippen MR) is 86.7 cm³/mol. The number of hydrogen-bond donors (Lipinski definition) is 1. The van der Waals surface area contributed by atoms with Crippen LogP contribution >= 0.6 is 0 Å². The molecular weight excluding hydrogens is 333 g/mol. The highest BCUT2D eigenvalue weighted by Gasteiger charge is 2.42. The lowest BCUT2D eigenvalue weighted by Crippen LogP contribution is -2.41. The Balaban J connectivity index is 1.63. The zero-order chi connectivity index (χ0) is 18.0. The molecule has 25 heavy (non-hydrogen) atoms. The van der Waals surface area contributed by atoms with Crippen molar-refractivity contribution in [3.8, 4) is 11.3 Å². The highest BCUT2D eigenvalue weighted by Crippen LogP contribution is 2.35. The van der Waals surface area contributed by atoms with Gasteiger partial charge in [0.05, 0.1) is 11.8 Å². The van der Waals surface area contributed by atoms with Gasteiger partial charge >= 0.3 is 6.36 Å². The number of hydrogen-bond acceptors (Lipinski definition) is 3. The Morgan fingerprint density at radius 2 is 2.00 bits per heavy atom. The van der Waals surface area contributed by atoms with Crippen LogP contribution in [-0.4, -0.2) is 23.4 Å². The minimum absolute atomic E-state index is 0.0737. The summed E-state index contributed by atoms with van der Waals surface area (Å²) < 4.78 is 40.3. The molecule has 1 aliphatic carbocycles. The zero-order valence-electron chi connectivity index (χ0n) is 13.5. The first kappa shape index (κ1) is 17.4. The van der Waals surface area contributed by atoms with Crippen LogP contribution in [0.2, 0.25) is 0 Å². The molecule has 2 aromatic rings.